The Hall–Kier alpha value is -1.63. The molecule has 0 spiro atoms. The molecule has 1 aromatic rings. The summed E-state index contributed by atoms with van der Waals surface area (Å²) in [5, 5.41) is 0. The summed E-state index contributed by atoms with van der Waals surface area (Å²) < 4.78 is 0. The minimum absolute atomic E-state index is 0.303. The van der Waals surface area contributed by atoms with Gasteiger partial charge < -0.3 is 20.4 Å². The largest absolute Gasteiger partial charge is 0.368 e. The Labute approximate surface area is 152 Å². The summed E-state index contributed by atoms with van der Waals surface area (Å²) in [4.78, 5) is 20.0. The van der Waals surface area contributed by atoms with Gasteiger partial charge in [-0.2, -0.15) is 15.0 Å². The van der Waals surface area contributed by atoms with Crippen LogP contribution >= 0.6 is 0 Å². The monoisotopic (exact) mass is 349 g/mol. The first kappa shape index (κ1) is 19.7. The molecule has 0 bridgehead atoms. The molecule has 0 radical (unpaired) electrons. The van der Waals surface area contributed by atoms with Crippen molar-refractivity contribution in [3.05, 3.63) is 0 Å². The Morgan fingerprint density at radius 1 is 1.00 bits per heavy atom. The lowest BCUT2D eigenvalue weighted by atomic mass is 10.0. The molecule has 0 aromatic carbocycles. The van der Waals surface area contributed by atoms with Crippen LogP contribution in [-0.2, 0) is 0 Å². The predicted molar refractivity (Wildman–Crippen MR) is 105 cm³/mol. The van der Waals surface area contributed by atoms with Gasteiger partial charge in [0, 0.05) is 26.7 Å². The summed E-state index contributed by atoms with van der Waals surface area (Å²) in [5.41, 5.74) is 5.96. The van der Waals surface area contributed by atoms with E-state index in [0.717, 1.165) is 38.9 Å². The summed E-state index contributed by atoms with van der Waals surface area (Å²) in [5.74, 6) is 1.67. The molecule has 7 heteroatoms. The summed E-state index contributed by atoms with van der Waals surface area (Å²) in [6.07, 6.45) is 8.54. The highest BCUT2D eigenvalue weighted by Crippen LogP contribution is 2.21. The highest BCUT2D eigenvalue weighted by atomic mass is 15.3. The lowest BCUT2D eigenvalue weighted by Crippen LogP contribution is -2.42. The van der Waals surface area contributed by atoms with Gasteiger partial charge in [0.15, 0.2) is 0 Å². The van der Waals surface area contributed by atoms with Crippen molar-refractivity contribution in [3.8, 4) is 0 Å². The number of likely N-dealkylation sites (tertiary alicyclic amines) is 1. The van der Waals surface area contributed by atoms with Crippen molar-refractivity contribution in [2.45, 2.75) is 57.9 Å². The molecule has 142 valence electrons. The molecule has 0 saturated carbocycles. The summed E-state index contributed by atoms with van der Waals surface area (Å²) >= 11 is 0. The third-order valence-electron chi connectivity index (χ3n) is 5.12. The van der Waals surface area contributed by atoms with Gasteiger partial charge in [-0.3, -0.25) is 0 Å². The summed E-state index contributed by atoms with van der Waals surface area (Å²) in [7, 11) is 6.28. The Kier molecular flexibility index (Phi) is 7.68. The van der Waals surface area contributed by atoms with Crippen molar-refractivity contribution in [1.82, 2.24) is 19.9 Å². The van der Waals surface area contributed by atoms with Crippen LogP contribution in [0.2, 0.25) is 0 Å². The second kappa shape index (κ2) is 9.75. The van der Waals surface area contributed by atoms with Crippen LogP contribution in [0.5, 0.6) is 0 Å². The van der Waals surface area contributed by atoms with E-state index in [1.807, 2.05) is 7.05 Å². The van der Waals surface area contributed by atoms with Gasteiger partial charge in [-0.25, -0.2) is 0 Å². The zero-order valence-corrected chi connectivity index (χ0v) is 16.4. The van der Waals surface area contributed by atoms with Gasteiger partial charge in [-0.05, 0) is 39.4 Å². The Balaban J connectivity index is 1.96. The van der Waals surface area contributed by atoms with E-state index in [9.17, 15) is 0 Å². The number of hydrogen-bond donors (Lipinski definition) is 1. The van der Waals surface area contributed by atoms with Gasteiger partial charge in [0.25, 0.3) is 0 Å². The van der Waals surface area contributed by atoms with Crippen molar-refractivity contribution >= 4 is 17.8 Å². The van der Waals surface area contributed by atoms with Crippen LogP contribution in [0, 0.1) is 0 Å². The number of rotatable bonds is 9. The number of hydrogen-bond acceptors (Lipinski definition) is 7. The third-order valence-corrected chi connectivity index (χ3v) is 5.12. The van der Waals surface area contributed by atoms with Gasteiger partial charge in [0.05, 0.1) is 0 Å². The van der Waals surface area contributed by atoms with Crippen molar-refractivity contribution in [1.29, 1.82) is 0 Å². The van der Waals surface area contributed by atoms with Crippen LogP contribution in [0.4, 0.5) is 17.8 Å². The lowest BCUT2D eigenvalue weighted by molar-refractivity contribution is 0.252. The molecule has 0 atom stereocenters. The van der Waals surface area contributed by atoms with Crippen LogP contribution in [0.1, 0.15) is 51.9 Å². The maximum absolute atomic E-state index is 5.96. The molecule has 1 saturated heterocycles. The second-order valence-corrected chi connectivity index (χ2v) is 7.27. The molecule has 1 aromatic heterocycles. The van der Waals surface area contributed by atoms with Crippen LogP contribution in [0.15, 0.2) is 0 Å². The Bertz CT molecular complexity index is 514. The highest BCUT2D eigenvalue weighted by molar-refractivity contribution is 5.43. The predicted octanol–water partition coefficient (Wildman–Crippen LogP) is 2.39. The highest BCUT2D eigenvalue weighted by Gasteiger charge is 2.23. The quantitative estimate of drug-likeness (QED) is 0.686. The van der Waals surface area contributed by atoms with E-state index < -0.39 is 0 Å². The van der Waals surface area contributed by atoms with Gasteiger partial charge in [-0.15, -0.1) is 0 Å². The zero-order valence-electron chi connectivity index (χ0n) is 16.4. The summed E-state index contributed by atoms with van der Waals surface area (Å²) in [6.45, 7) is 5.41. The standard InChI is InChI=1S/C18H35N7/c1-5-6-7-8-9-12-24(3)17-20-16(19)21-18(22-17)25(4)15-10-13-23(2)14-11-15/h15H,5-14H2,1-4H3,(H2,19,20,21,22). The SMILES string of the molecule is CCCCCCCN(C)c1nc(N)nc(N(C)C2CCN(C)CC2)n1. The maximum atomic E-state index is 5.96. The van der Waals surface area contributed by atoms with Crippen LogP contribution in [0.25, 0.3) is 0 Å². The minimum atomic E-state index is 0.303. The number of nitrogen functional groups attached to an aromatic ring is 1. The molecule has 1 aliphatic heterocycles. The third kappa shape index (κ3) is 5.99. The smallest absolute Gasteiger partial charge is 0.231 e. The average Bonchev–Trinajstić information content (AvgIpc) is 2.61. The maximum Gasteiger partial charge on any atom is 0.231 e. The first-order valence-electron chi connectivity index (χ1n) is 9.65. The van der Waals surface area contributed by atoms with Crippen molar-refractivity contribution < 1.29 is 0 Å². The molecule has 2 N–H and O–H groups in total. The van der Waals surface area contributed by atoms with E-state index in [1.54, 1.807) is 0 Å². The van der Waals surface area contributed by atoms with E-state index in [2.05, 4.69) is 50.7 Å². The number of nitrogens with zero attached hydrogens (tertiary/aromatic N) is 6. The van der Waals surface area contributed by atoms with E-state index in [-0.39, 0.29) is 0 Å². The fourth-order valence-electron chi connectivity index (χ4n) is 3.30. The van der Waals surface area contributed by atoms with Crippen molar-refractivity contribution in [2.24, 2.45) is 0 Å². The molecule has 1 fully saturated rings. The Morgan fingerprint density at radius 2 is 1.64 bits per heavy atom. The number of unbranched alkanes of at least 4 members (excludes halogenated alkanes) is 4. The summed E-state index contributed by atoms with van der Waals surface area (Å²) in [6, 6.07) is 0.463. The molecule has 1 aliphatic rings. The van der Waals surface area contributed by atoms with Crippen molar-refractivity contribution in [3.63, 3.8) is 0 Å². The molecule has 0 aliphatic carbocycles. The van der Waals surface area contributed by atoms with E-state index >= 15 is 0 Å². The first-order chi connectivity index (χ1) is 12.0. The van der Waals surface area contributed by atoms with Gasteiger partial charge in [0.2, 0.25) is 17.8 Å². The minimum Gasteiger partial charge on any atom is -0.368 e. The number of nitrogens with two attached hydrogens (primary N) is 1. The second-order valence-electron chi connectivity index (χ2n) is 7.27. The number of piperidine rings is 1. The van der Waals surface area contributed by atoms with Crippen LogP contribution in [0.3, 0.4) is 0 Å². The van der Waals surface area contributed by atoms with Crippen molar-refractivity contribution in [2.75, 3.05) is 56.3 Å². The van der Waals surface area contributed by atoms with E-state index in [0.29, 0.717) is 23.9 Å². The molecule has 2 rings (SSSR count). The first-order valence-corrected chi connectivity index (χ1v) is 9.65. The zero-order chi connectivity index (χ0) is 18.2. The molecule has 2 heterocycles. The van der Waals surface area contributed by atoms with Crippen LogP contribution in [-0.4, -0.2) is 66.7 Å². The molecule has 7 nitrogen and oxygen atoms in total. The topological polar surface area (TPSA) is 74.4 Å². The number of aromatic nitrogens is 3. The molecule has 0 unspecified atom stereocenters. The normalized spacial score (nSPS) is 16.2. The van der Waals surface area contributed by atoms with Gasteiger partial charge >= 0.3 is 0 Å². The lowest BCUT2D eigenvalue weighted by Gasteiger charge is -2.35. The molecular weight excluding hydrogens is 314 g/mol. The molecular formula is C18H35N7. The van der Waals surface area contributed by atoms with Gasteiger partial charge in [-0.1, -0.05) is 32.6 Å². The van der Waals surface area contributed by atoms with Crippen LogP contribution < -0.4 is 15.5 Å². The fraction of sp³-hybridized carbons (Fsp3) is 0.833. The van der Waals surface area contributed by atoms with Gasteiger partial charge in [0.1, 0.15) is 0 Å². The average molecular weight is 350 g/mol. The Morgan fingerprint density at radius 3 is 2.32 bits per heavy atom. The van der Waals surface area contributed by atoms with E-state index in [4.69, 9.17) is 5.73 Å². The van der Waals surface area contributed by atoms with E-state index in [1.165, 1.54) is 25.7 Å². The number of anilines is 3. The fourth-order valence-corrected chi connectivity index (χ4v) is 3.30. The molecule has 25 heavy (non-hydrogen) atoms. The molecule has 0 amide bonds.